The minimum atomic E-state index is -4.63. The molecule has 33 heavy (non-hydrogen) atoms. The van der Waals surface area contributed by atoms with E-state index in [1.807, 2.05) is 13.1 Å². The fraction of sp³-hybridized carbons (Fsp3) is 0.429. The number of carbonyl (C=O) groups is 1. The molecule has 1 saturated heterocycles. The highest BCUT2D eigenvalue weighted by Gasteiger charge is 2.33. The van der Waals surface area contributed by atoms with Crippen LogP contribution in [0.5, 0.6) is 0 Å². The van der Waals surface area contributed by atoms with Gasteiger partial charge in [0.15, 0.2) is 5.65 Å². The van der Waals surface area contributed by atoms with E-state index in [1.165, 1.54) is 11.9 Å². The highest BCUT2D eigenvalue weighted by atomic mass is 19.4. The van der Waals surface area contributed by atoms with Gasteiger partial charge in [0.2, 0.25) is 0 Å². The van der Waals surface area contributed by atoms with Gasteiger partial charge in [-0.15, -0.1) is 0 Å². The van der Waals surface area contributed by atoms with Crippen molar-refractivity contribution in [3.05, 3.63) is 46.1 Å². The van der Waals surface area contributed by atoms with Crippen molar-refractivity contribution in [2.24, 2.45) is 7.05 Å². The fourth-order valence-electron chi connectivity index (χ4n) is 3.97. The van der Waals surface area contributed by atoms with Crippen molar-refractivity contribution < 1.29 is 18.0 Å². The second kappa shape index (κ2) is 8.41. The largest absolute Gasteiger partial charge is 0.417 e. The van der Waals surface area contributed by atoms with Crippen LogP contribution in [0.1, 0.15) is 24.0 Å². The van der Waals surface area contributed by atoms with Gasteiger partial charge in [-0.1, -0.05) is 0 Å². The van der Waals surface area contributed by atoms with E-state index in [9.17, 15) is 22.8 Å². The van der Waals surface area contributed by atoms with E-state index < -0.39 is 29.0 Å². The van der Waals surface area contributed by atoms with Crippen LogP contribution in [0, 0.1) is 6.92 Å². The van der Waals surface area contributed by atoms with Crippen molar-refractivity contribution in [1.82, 2.24) is 24.4 Å². The van der Waals surface area contributed by atoms with Crippen molar-refractivity contribution in [1.29, 1.82) is 0 Å². The van der Waals surface area contributed by atoms with Crippen LogP contribution in [-0.2, 0) is 13.2 Å². The fourth-order valence-corrected chi connectivity index (χ4v) is 3.97. The molecule has 3 aromatic rings. The molecular formula is C21H24F3N7O2. The van der Waals surface area contributed by atoms with Crippen molar-refractivity contribution in [3.8, 4) is 0 Å². The standard InChI is InChI=1S/C21H24F3N7O2/c1-12-9-25-18-17(12)28-16(10-26-18)31-6-4-14(5-7-31)30(3)20(33)27-15-8-13(21(22,23)24)11-29(2)19(15)32/h8-11,14H,4-7H2,1-3H3,(H,25,26)(H,27,33). The Kier molecular flexibility index (Phi) is 5.76. The van der Waals surface area contributed by atoms with Gasteiger partial charge in [0.25, 0.3) is 5.56 Å². The molecule has 176 valence electrons. The zero-order valence-corrected chi connectivity index (χ0v) is 18.4. The molecule has 1 aliphatic heterocycles. The Hall–Kier alpha value is -3.57. The van der Waals surface area contributed by atoms with E-state index in [1.54, 1.807) is 13.2 Å². The molecule has 0 atom stereocenters. The smallest absolute Gasteiger partial charge is 0.355 e. The van der Waals surface area contributed by atoms with Crippen LogP contribution in [-0.4, -0.2) is 56.6 Å². The van der Waals surface area contributed by atoms with E-state index in [-0.39, 0.29) is 6.04 Å². The molecule has 2 N–H and O–H groups in total. The van der Waals surface area contributed by atoms with Gasteiger partial charge in [-0.3, -0.25) is 4.79 Å². The summed E-state index contributed by atoms with van der Waals surface area (Å²) in [6.45, 7) is 3.23. The molecule has 9 nitrogen and oxygen atoms in total. The normalized spacial score (nSPS) is 15.2. The van der Waals surface area contributed by atoms with Crippen LogP contribution in [0.25, 0.3) is 11.2 Å². The number of amides is 2. The second-order valence-corrected chi connectivity index (χ2v) is 8.21. The lowest BCUT2D eigenvalue weighted by molar-refractivity contribution is -0.138. The van der Waals surface area contributed by atoms with Crippen LogP contribution in [0.3, 0.4) is 0 Å². The molecule has 3 aromatic heterocycles. The van der Waals surface area contributed by atoms with Gasteiger partial charge in [-0.25, -0.2) is 14.8 Å². The van der Waals surface area contributed by atoms with Crippen LogP contribution in [0.2, 0.25) is 0 Å². The first-order valence-corrected chi connectivity index (χ1v) is 10.4. The first-order valence-electron chi connectivity index (χ1n) is 10.4. The Morgan fingerprint density at radius 2 is 2.00 bits per heavy atom. The minimum Gasteiger partial charge on any atom is -0.355 e. The van der Waals surface area contributed by atoms with Crippen LogP contribution in [0.15, 0.2) is 29.5 Å². The number of alkyl halides is 3. The number of anilines is 2. The molecule has 0 aliphatic carbocycles. The van der Waals surface area contributed by atoms with E-state index >= 15 is 0 Å². The van der Waals surface area contributed by atoms with Gasteiger partial charge in [0.05, 0.1) is 11.8 Å². The molecule has 1 fully saturated rings. The van der Waals surface area contributed by atoms with Crippen molar-refractivity contribution in [3.63, 3.8) is 0 Å². The minimum absolute atomic E-state index is 0.137. The molecule has 2 amide bonds. The van der Waals surface area contributed by atoms with Crippen LogP contribution in [0.4, 0.5) is 29.5 Å². The molecule has 0 aromatic carbocycles. The lowest BCUT2D eigenvalue weighted by atomic mass is 10.0. The third kappa shape index (κ3) is 4.50. The topological polar surface area (TPSA) is 99.1 Å². The number of nitrogens with one attached hydrogen (secondary N) is 2. The number of fused-ring (bicyclic) bond motifs is 1. The first kappa shape index (κ1) is 22.6. The summed E-state index contributed by atoms with van der Waals surface area (Å²) in [5.41, 5.74) is 0.413. The summed E-state index contributed by atoms with van der Waals surface area (Å²) in [5, 5.41) is 2.34. The number of pyridine rings is 1. The Morgan fingerprint density at radius 1 is 1.30 bits per heavy atom. The molecule has 4 rings (SSSR count). The second-order valence-electron chi connectivity index (χ2n) is 8.21. The third-order valence-corrected chi connectivity index (χ3v) is 5.97. The number of halogens is 3. The number of rotatable bonds is 3. The highest BCUT2D eigenvalue weighted by Crippen LogP contribution is 2.30. The molecule has 0 spiro atoms. The summed E-state index contributed by atoms with van der Waals surface area (Å²) in [5.74, 6) is 0.753. The van der Waals surface area contributed by atoms with Crippen molar-refractivity contribution in [2.75, 3.05) is 30.4 Å². The highest BCUT2D eigenvalue weighted by molar-refractivity contribution is 5.89. The zero-order valence-electron chi connectivity index (χ0n) is 18.4. The predicted molar refractivity (Wildman–Crippen MR) is 117 cm³/mol. The van der Waals surface area contributed by atoms with E-state index in [0.29, 0.717) is 38.2 Å². The number of H-pyrrole nitrogens is 1. The molecule has 0 bridgehead atoms. The number of aromatic nitrogens is 4. The predicted octanol–water partition coefficient (Wildman–Crippen LogP) is 3.12. The lowest BCUT2D eigenvalue weighted by Crippen LogP contribution is -2.47. The monoisotopic (exact) mass is 463 g/mol. The zero-order chi connectivity index (χ0) is 23.9. The summed E-state index contributed by atoms with van der Waals surface area (Å²) in [6, 6.07) is -0.107. The first-order chi connectivity index (χ1) is 15.5. The summed E-state index contributed by atoms with van der Waals surface area (Å²) in [6.07, 6.45) is 0.901. The van der Waals surface area contributed by atoms with Gasteiger partial charge in [0.1, 0.15) is 17.0 Å². The number of hydrogen-bond acceptors (Lipinski definition) is 5. The molecule has 0 saturated carbocycles. The molecule has 0 radical (unpaired) electrons. The average Bonchev–Trinajstić information content (AvgIpc) is 3.15. The molecule has 12 heteroatoms. The summed E-state index contributed by atoms with van der Waals surface area (Å²) in [7, 11) is 2.78. The maximum Gasteiger partial charge on any atom is 0.417 e. The number of hydrogen-bond donors (Lipinski definition) is 2. The van der Waals surface area contributed by atoms with Crippen molar-refractivity contribution in [2.45, 2.75) is 32.0 Å². The van der Waals surface area contributed by atoms with Gasteiger partial charge in [-0.2, -0.15) is 13.2 Å². The molecule has 1 aliphatic rings. The summed E-state index contributed by atoms with van der Waals surface area (Å²) < 4.78 is 40.0. The summed E-state index contributed by atoms with van der Waals surface area (Å²) in [4.78, 5) is 40.6. The molecule has 4 heterocycles. The third-order valence-electron chi connectivity index (χ3n) is 5.97. The van der Waals surface area contributed by atoms with Crippen LogP contribution >= 0.6 is 0 Å². The number of aromatic amines is 1. The number of nitrogens with zero attached hydrogens (tertiary/aromatic N) is 5. The maximum atomic E-state index is 13.1. The van der Waals surface area contributed by atoms with Crippen LogP contribution < -0.4 is 15.8 Å². The summed E-state index contributed by atoms with van der Waals surface area (Å²) >= 11 is 0. The quantitative estimate of drug-likeness (QED) is 0.622. The van der Waals surface area contributed by atoms with Crippen molar-refractivity contribution >= 4 is 28.7 Å². The number of urea groups is 1. The average molecular weight is 463 g/mol. The maximum absolute atomic E-state index is 13.1. The lowest BCUT2D eigenvalue weighted by Gasteiger charge is -2.37. The molecular weight excluding hydrogens is 439 g/mol. The van der Waals surface area contributed by atoms with E-state index in [0.717, 1.165) is 27.1 Å². The number of carbonyl (C=O) groups excluding carboxylic acids is 1. The Labute approximate surface area is 187 Å². The number of aryl methyl sites for hydroxylation is 2. The van der Waals surface area contributed by atoms with E-state index in [2.05, 4.69) is 25.2 Å². The number of piperidine rings is 1. The van der Waals surface area contributed by atoms with E-state index in [4.69, 9.17) is 0 Å². The van der Waals surface area contributed by atoms with Gasteiger partial charge < -0.3 is 24.7 Å². The Morgan fingerprint density at radius 3 is 2.67 bits per heavy atom. The Balaban J connectivity index is 1.42. The van der Waals surface area contributed by atoms with Gasteiger partial charge in [0, 0.05) is 45.6 Å². The molecule has 0 unspecified atom stereocenters. The van der Waals surface area contributed by atoms with Gasteiger partial charge in [-0.05, 0) is 31.4 Å². The SMILES string of the molecule is Cc1c[nH]c2ncc(N3CCC(N(C)C(=O)Nc4cc(C(F)(F)F)cn(C)c4=O)CC3)nc12. The Bertz CT molecular complexity index is 1240. The van der Waals surface area contributed by atoms with Gasteiger partial charge >= 0.3 is 12.2 Å².